The Bertz CT molecular complexity index is 1740. The fraction of sp³-hybridized carbons (Fsp3) is 0.258. The zero-order chi connectivity index (χ0) is 32.3. The number of hydrogen-bond acceptors (Lipinski definition) is 6. The lowest BCUT2D eigenvalue weighted by Gasteiger charge is -2.21. The molecule has 1 fully saturated rings. The lowest BCUT2D eigenvalue weighted by Crippen LogP contribution is -2.33. The first kappa shape index (κ1) is 32.5. The molecule has 14 heteroatoms. The summed E-state index contributed by atoms with van der Waals surface area (Å²) in [5.41, 5.74) is 4.97. The number of ether oxygens (including phenoxy) is 1. The second-order valence-corrected chi connectivity index (χ2v) is 12.0. The van der Waals surface area contributed by atoms with Crippen molar-refractivity contribution in [1.29, 1.82) is 0 Å². The quantitative estimate of drug-likeness (QED) is 0.193. The molecule has 234 valence electrons. The second-order valence-electron chi connectivity index (χ2n) is 10.2. The minimum absolute atomic E-state index is 0.101. The molecular weight excluding hydrogens is 645 g/mol. The van der Waals surface area contributed by atoms with Gasteiger partial charge >= 0.3 is 6.36 Å². The zero-order valence-electron chi connectivity index (χ0n) is 24.4. The van der Waals surface area contributed by atoms with Crippen LogP contribution in [0.4, 0.5) is 18.9 Å². The van der Waals surface area contributed by atoms with Crippen molar-refractivity contribution in [2.75, 3.05) is 17.2 Å². The van der Waals surface area contributed by atoms with Crippen LogP contribution in [0.3, 0.4) is 0 Å². The summed E-state index contributed by atoms with van der Waals surface area (Å²) in [5.74, 6) is 0.439. The lowest BCUT2D eigenvalue weighted by atomic mass is 9.95. The first-order chi connectivity index (χ1) is 21.4. The maximum absolute atomic E-state index is 12.8. The van der Waals surface area contributed by atoms with Crippen molar-refractivity contribution in [2.24, 2.45) is 4.99 Å². The van der Waals surface area contributed by atoms with Crippen LogP contribution in [0.15, 0.2) is 72.0 Å². The third-order valence-corrected chi connectivity index (χ3v) is 8.76. The fourth-order valence-corrected chi connectivity index (χ4v) is 6.14. The van der Waals surface area contributed by atoms with Gasteiger partial charge in [0.05, 0.1) is 22.2 Å². The molecule has 1 atom stereocenters. The van der Waals surface area contributed by atoms with E-state index in [-0.39, 0.29) is 28.4 Å². The van der Waals surface area contributed by atoms with E-state index in [9.17, 15) is 18.0 Å². The number of anilines is 1. The molecule has 4 aromatic rings. The third kappa shape index (κ3) is 7.66. The first-order valence-corrected chi connectivity index (χ1v) is 15.7. The molecule has 0 bridgehead atoms. The predicted octanol–water partition coefficient (Wildman–Crippen LogP) is 7.61. The number of aliphatic imine (C=N–C) groups is 1. The number of carbonyl (C=O) groups is 1. The van der Waals surface area contributed by atoms with E-state index in [1.165, 1.54) is 47.0 Å². The average molecular weight is 673 g/mol. The highest BCUT2D eigenvalue weighted by Crippen LogP contribution is 2.36. The predicted molar refractivity (Wildman–Crippen MR) is 175 cm³/mol. The number of carbonyl (C=O) groups excluding carboxylic acids is 1. The Balaban J connectivity index is 1.23. The molecular formula is C31H28ClF3N6O2S2. The van der Waals surface area contributed by atoms with Crippen LogP contribution in [0, 0.1) is 13.8 Å². The first-order valence-electron chi connectivity index (χ1n) is 13.9. The Morgan fingerprint density at radius 2 is 1.84 bits per heavy atom. The molecule has 0 radical (unpaired) electrons. The molecule has 0 saturated carbocycles. The van der Waals surface area contributed by atoms with E-state index in [0.29, 0.717) is 33.9 Å². The number of aromatic nitrogens is 3. The SMILES string of the molecule is CCC(CNC(=S)N=C1SCC(=O)N1c1c(Cl)ccc(C)c1C)c1ccc(-c2ncn(-c3ccc(OC(F)(F)F)cc3)n2)cc1. The maximum atomic E-state index is 12.8. The van der Waals surface area contributed by atoms with E-state index >= 15 is 0 Å². The molecule has 0 spiro atoms. The van der Waals surface area contributed by atoms with E-state index in [0.717, 1.165) is 28.7 Å². The highest BCUT2D eigenvalue weighted by molar-refractivity contribution is 8.15. The summed E-state index contributed by atoms with van der Waals surface area (Å²) >= 11 is 13.4. The van der Waals surface area contributed by atoms with E-state index in [1.54, 1.807) is 11.0 Å². The van der Waals surface area contributed by atoms with Crippen molar-refractivity contribution in [3.63, 3.8) is 0 Å². The Hall–Kier alpha value is -3.94. The van der Waals surface area contributed by atoms with Gasteiger partial charge in [-0.25, -0.2) is 9.67 Å². The Labute approximate surface area is 272 Å². The van der Waals surface area contributed by atoms with Gasteiger partial charge in [0.1, 0.15) is 12.1 Å². The fourth-order valence-electron chi connectivity index (χ4n) is 4.77. The topological polar surface area (TPSA) is 84.6 Å². The average Bonchev–Trinajstić information content (AvgIpc) is 3.63. The number of aryl methyl sites for hydroxylation is 1. The van der Waals surface area contributed by atoms with Crippen LogP contribution in [-0.2, 0) is 4.79 Å². The van der Waals surface area contributed by atoms with Gasteiger partial charge < -0.3 is 10.1 Å². The summed E-state index contributed by atoms with van der Waals surface area (Å²) in [6.45, 7) is 6.52. The minimum Gasteiger partial charge on any atom is -0.406 e. The van der Waals surface area contributed by atoms with Crippen molar-refractivity contribution < 1.29 is 22.7 Å². The van der Waals surface area contributed by atoms with Gasteiger partial charge in [0.15, 0.2) is 16.1 Å². The van der Waals surface area contributed by atoms with Crippen LogP contribution in [0.25, 0.3) is 17.1 Å². The molecule has 2 heterocycles. The van der Waals surface area contributed by atoms with Crippen molar-refractivity contribution in [3.05, 3.63) is 88.7 Å². The number of amides is 1. The van der Waals surface area contributed by atoms with Gasteiger partial charge in [0.2, 0.25) is 5.91 Å². The summed E-state index contributed by atoms with van der Waals surface area (Å²) in [5, 5.41) is 8.94. The van der Waals surface area contributed by atoms with Crippen molar-refractivity contribution in [1.82, 2.24) is 20.1 Å². The normalized spacial score (nSPS) is 15.0. The van der Waals surface area contributed by atoms with Crippen LogP contribution in [0.5, 0.6) is 5.75 Å². The smallest absolute Gasteiger partial charge is 0.406 e. The molecule has 8 nitrogen and oxygen atoms in total. The van der Waals surface area contributed by atoms with Crippen molar-refractivity contribution in [2.45, 2.75) is 39.5 Å². The number of thiocarbonyl (C=S) groups is 1. The molecule has 5 rings (SSSR count). The number of rotatable bonds is 8. The molecule has 3 aromatic carbocycles. The molecule has 1 aliphatic rings. The zero-order valence-corrected chi connectivity index (χ0v) is 26.8. The van der Waals surface area contributed by atoms with Gasteiger partial charge in [0, 0.05) is 18.0 Å². The van der Waals surface area contributed by atoms with Gasteiger partial charge in [-0.2, -0.15) is 4.99 Å². The summed E-state index contributed by atoms with van der Waals surface area (Å²) in [6, 6.07) is 16.9. The van der Waals surface area contributed by atoms with Gasteiger partial charge in [-0.15, -0.1) is 18.3 Å². The molecule has 1 aliphatic heterocycles. The standard InChI is InChI=1S/C31H28ClF3N6O2S2/c1-4-20(15-36-29(44)38-30-41(26(42)16-45-30)27-19(3)18(2)5-14-25(27)32)21-6-8-22(9-7-21)28-37-17-40(39-28)23-10-12-24(13-11-23)43-31(33,34)35/h5-14,17,20H,4,15-16H2,1-3H3,(H,36,44). The van der Waals surface area contributed by atoms with Crippen LogP contribution in [0.2, 0.25) is 5.02 Å². The van der Waals surface area contributed by atoms with E-state index in [2.05, 4.69) is 32.1 Å². The Morgan fingerprint density at radius 1 is 1.13 bits per heavy atom. The van der Waals surface area contributed by atoms with Crippen LogP contribution in [-0.4, -0.2) is 49.6 Å². The number of amidine groups is 1. The molecule has 0 aliphatic carbocycles. The van der Waals surface area contributed by atoms with E-state index in [1.807, 2.05) is 44.2 Å². The molecule has 1 amide bonds. The molecule has 1 N–H and O–H groups in total. The molecule has 1 aromatic heterocycles. The third-order valence-electron chi connectivity index (χ3n) is 7.30. The summed E-state index contributed by atoms with van der Waals surface area (Å²) < 4.78 is 42.7. The number of benzene rings is 3. The Kier molecular flexibility index (Phi) is 9.80. The number of halogens is 4. The van der Waals surface area contributed by atoms with Crippen molar-refractivity contribution >= 4 is 57.5 Å². The number of thioether (sulfide) groups is 1. The maximum Gasteiger partial charge on any atom is 0.573 e. The number of nitrogens with zero attached hydrogens (tertiary/aromatic N) is 5. The monoisotopic (exact) mass is 672 g/mol. The van der Waals surface area contributed by atoms with Gasteiger partial charge in [-0.1, -0.05) is 60.6 Å². The minimum atomic E-state index is -4.75. The van der Waals surface area contributed by atoms with Crippen LogP contribution < -0.4 is 15.0 Å². The summed E-state index contributed by atoms with van der Waals surface area (Å²) in [6.07, 6.45) is -2.42. The molecule has 1 unspecified atom stereocenters. The summed E-state index contributed by atoms with van der Waals surface area (Å²) in [4.78, 5) is 23.3. The van der Waals surface area contributed by atoms with Gasteiger partial charge in [-0.05, 0) is 79.5 Å². The van der Waals surface area contributed by atoms with E-state index in [4.69, 9.17) is 23.8 Å². The number of hydrogen-bond donors (Lipinski definition) is 1. The highest BCUT2D eigenvalue weighted by atomic mass is 35.5. The molecule has 45 heavy (non-hydrogen) atoms. The van der Waals surface area contributed by atoms with E-state index < -0.39 is 6.36 Å². The number of alkyl halides is 3. The van der Waals surface area contributed by atoms with Gasteiger partial charge in [-0.3, -0.25) is 9.69 Å². The second kappa shape index (κ2) is 13.6. The van der Waals surface area contributed by atoms with Gasteiger partial charge in [0.25, 0.3) is 0 Å². The molecule has 1 saturated heterocycles. The Morgan fingerprint density at radius 3 is 2.51 bits per heavy atom. The lowest BCUT2D eigenvalue weighted by molar-refractivity contribution is -0.274. The summed E-state index contributed by atoms with van der Waals surface area (Å²) in [7, 11) is 0. The van der Waals surface area contributed by atoms with Crippen molar-refractivity contribution in [3.8, 4) is 22.8 Å². The van der Waals surface area contributed by atoms with Crippen LogP contribution >= 0.6 is 35.6 Å². The largest absolute Gasteiger partial charge is 0.573 e. The van der Waals surface area contributed by atoms with Crippen LogP contribution in [0.1, 0.15) is 36.0 Å². The number of nitrogens with one attached hydrogen (secondary N) is 1. The highest BCUT2D eigenvalue weighted by Gasteiger charge is 2.33.